The highest BCUT2D eigenvalue weighted by atomic mass is 32.1. The van der Waals surface area contributed by atoms with Crippen molar-refractivity contribution >= 4 is 34.5 Å². The monoisotopic (exact) mass is 422 g/mol. The van der Waals surface area contributed by atoms with E-state index in [2.05, 4.69) is 22.5 Å². The van der Waals surface area contributed by atoms with Crippen molar-refractivity contribution < 1.29 is 9.59 Å². The molecule has 1 heterocycles. The van der Waals surface area contributed by atoms with Crippen LogP contribution in [0.4, 0.5) is 11.4 Å². The Morgan fingerprint density at radius 1 is 1.10 bits per heavy atom. The van der Waals surface area contributed by atoms with Gasteiger partial charge in [-0.25, -0.2) is 4.98 Å². The van der Waals surface area contributed by atoms with E-state index in [1.807, 2.05) is 48.5 Å². The fourth-order valence-corrected chi connectivity index (χ4v) is 3.80. The van der Waals surface area contributed by atoms with E-state index >= 15 is 0 Å². The van der Waals surface area contributed by atoms with E-state index in [0.717, 1.165) is 28.4 Å². The van der Waals surface area contributed by atoms with Gasteiger partial charge in [0.1, 0.15) is 0 Å². The predicted molar refractivity (Wildman–Crippen MR) is 122 cm³/mol. The van der Waals surface area contributed by atoms with Crippen LogP contribution in [0.2, 0.25) is 0 Å². The Balaban J connectivity index is 1.62. The van der Waals surface area contributed by atoms with Gasteiger partial charge in [-0.15, -0.1) is 11.3 Å². The Hall–Kier alpha value is -3.03. The van der Waals surface area contributed by atoms with Crippen LogP contribution in [-0.2, 0) is 17.8 Å². The zero-order valence-electron chi connectivity index (χ0n) is 17.4. The SMILES string of the molecule is CCc1nc(CN(C)CC(=O)Nc2ccccc2C(=O)Nc2cccc(C)c2)cs1. The molecule has 0 spiro atoms. The average Bonchev–Trinajstić information content (AvgIpc) is 3.15. The molecule has 0 aliphatic carbocycles. The molecule has 0 atom stereocenters. The second kappa shape index (κ2) is 10.1. The van der Waals surface area contributed by atoms with Crippen LogP contribution in [0.25, 0.3) is 0 Å². The lowest BCUT2D eigenvalue weighted by molar-refractivity contribution is -0.117. The number of nitrogens with zero attached hydrogens (tertiary/aromatic N) is 2. The van der Waals surface area contributed by atoms with E-state index in [1.165, 1.54) is 0 Å². The van der Waals surface area contributed by atoms with E-state index < -0.39 is 0 Å². The fraction of sp³-hybridized carbons (Fsp3) is 0.261. The first-order chi connectivity index (χ1) is 14.4. The zero-order chi connectivity index (χ0) is 21.5. The molecule has 2 aromatic carbocycles. The Labute approximate surface area is 181 Å². The predicted octanol–water partition coefficient (Wildman–Crippen LogP) is 4.34. The number of thiazole rings is 1. The van der Waals surface area contributed by atoms with Crippen molar-refractivity contribution in [3.8, 4) is 0 Å². The van der Waals surface area contributed by atoms with Crippen LogP contribution in [0, 0.1) is 6.92 Å². The molecule has 6 nitrogen and oxygen atoms in total. The Morgan fingerprint density at radius 2 is 1.90 bits per heavy atom. The number of aromatic nitrogens is 1. The van der Waals surface area contributed by atoms with Crippen molar-refractivity contribution in [3.05, 3.63) is 75.7 Å². The molecular formula is C23H26N4O2S. The van der Waals surface area contributed by atoms with Crippen LogP contribution in [-0.4, -0.2) is 35.3 Å². The maximum absolute atomic E-state index is 12.7. The van der Waals surface area contributed by atoms with Gasteiger partial charge in [0.2, 0.25) is 5.91 Å². The fourth-order valence-electron chi connectivity index (χ4n) is 3.06. The topological polar surface area (TPSA) is 74.3 Å². The minimum atomic E-state index is -0.264. The summed E-state index contributed by atoms with van der Waals surface area (Å²) < 4.78 is 0. The molecule has 2 N–H and O–H groups in total. The van der Waals surface area contributed by atoms with Crippen LogP contribution in [0.15, 0.2) is 53.9 Å². The number of aryl methyl sites for hydroxylation is 2. The van der Waals surface area contributed by atoms with E-state index in [4.69, 9.17) is 0 Å². The third kappa shape index (κ3) is 5.98. The summed E-state index contributed by atoms with van der Waals surface area (Å²) in [6, 6.07) is 14.6. The van der Waals surface area contributed by atoms with Crippen LogP contribution in [0.1, 0.15) is 33.5 Å². The molecule has 0 aliphatic rings. The summed E-state index contributed by atoms with van der Waals surface area (Å²) in [5.74, 6) is -0.446. The summed E-state index contributed by atoms with van der Waals surface area (Å²) in [5.41, 5.74) is 3.65. The molecule has 0 saturated heterocycles. The van der Waals surface area contributed by atoms with Crippen molar-refractivity contribution in [3.63, 3.8) is 0 Å². The standard InChI is InChI=1S/C23H26N4O2S/c1-4-22-24-18(15-30-22)13-27(3)14-21(28)26-20-11-6-5-10-19(20)23(29)25-17-9-7-8-16(2)12-17/h5-12,15H,4,13-14H2,1-3H3,(H,25,29)(H,26,28). The molecular weight excluding hydrogens is 396 g/mol. The van der Waals surface area contributed by atoms with Crippen molar-refractivity contribution in [2.45, 2.75) is 26.8 Å². The maximum Gasteiger partial charge on any atom is 0.257 e. The second-order valence-electron chi connectivity index (χ2n) is 7.18. The van der Waals surface area contributed by atoms with Gasteiger partial charge in [-0.2, -0.15) is 0 Å². The van der Waals surface area contributed by atoms with Crippen LogP contribution < -0.4 is 10.6 Å². The molecule has 0 unspecified atom stereocenters. The van der Waals surface area contributed by atoms with Gasteiger partial charge in [-0.05, 0) is 50.2 Å². The van der Waals surface area contributed by atoms with E-state index in [-0.39, 0.29) is 18.4 Å². The largest absolute Gasteiger partial charge is 0.324 e. The molecule has 156 valence electrons. The lowest BCUT2D eigenvalue weighted by Crippen LogP contribution is -2.30. The number of anilines is 2. The first-order valence-corrected chi connectivity index (χ1v) is 10.7. The Kier molecular flexibility index (Phi) is 7.32. The first kappa shape index (κ1) is 21.7. The van der Waals surface area contributed by atoms with Gasteiger partial charge in [0.25, 0.3) is 5.91 Å². The number of amides is 2. The Bertz CT molecular complexity index is 1030. The van der Waals surface area contributed by atoms with Crippen LogP contribution in [0.5, 0.6) is 0 Å². The van der Waals surface area contributed by atoms with Crippen LogP contribution in [0.3, 0.4) is 0 Å². The summed E-state index contributed by atoms with van der Waals surface area (Å²) in [7, 11) is 1.88. The van der Waals surface area contributed by atoms with Crippen molar-refractivity contribution in [2.24, 2.45) is 0 Å². The zero-order valence-corrected chi connectivity index (χ0v) is 18.3. The maximum atomic E-state index is 12.7. The summed E-state index contributed by atoms with van der Waals surface area (Å²) in [4.78, 5) is 31.7. The minimum absolute atomic E-state index is 0.181. The van der Waals surface area contributed by atoms with Crippen LogP contribution >= 0.6 is 11.3 Å². The number of rotatable bonds is 8. The number of carbonyl (C=O) groups excluding carboxylic acids is 2. The summed E-state index contributed by atoms with van der Waals surface area (Å²) in [6.45, 7) is 4.84. The number of likely N-dealkylation sites (N-methyl/N-ethyl adjacent to an activating group) is 1. The smallest absolute Gasteiger partial charge is 0.257 e. The molecule has 0 bridgehead atoms. The summed E-state index contributed by atoms with van der Waals surface area (Å²) >= 11 is 1.64. The number of para-hydroxylation sites is 1. The van der Waals surface area contributed by atoms with Gasteiger partial charge in [0.05, 0.1) is 28.5 Å². The molecule has 0 aliphatic heterocycles. The molecule has 0 fully saturated rings. The van der Waals surface area contributed by atoms with E-state index in [9.17, 15) is 9.59 Å². The van der Waals surface area contributed by atoms with Crippen molar-refractivity contribution in [1.29, 1.82) is 0 Å². The highest BCUT2D eigenvalue weighted by molar-refractivity contribution is 7.09. The molecule has 3 aromatic rings. The molecule has 1 aromatic heterocycles. The van der Waals surface area contributed by atoms with E-state index in [1.54, 1.807) is 35.6 Å². The minimum Gasteiger partial charge on any atom is -0.324 e. The summed E-state index contributed by atoms with van der Waals surface area (Å²) in [5, 5.41) is 8.87. The number of hydrogen-bond acceptors (Lipinski definition) is 5. The third-order valence-corrected chi connectivity index (χ3v) is 5.51. The number of hydrogen-bond donors (Lipinski definition) is 2. The molecule has 30 heavy (non-hydrogen) atoms. The lowest BCUT2D eigenvalue weighted by Gasteiger charge is -2.16. The Morgan fingerprint density at radius 3 is 2.63 bits per heavy atom. The molecule has 0 saturated carbocycles. The molecule has 3 rings (SSSR count). The normalized spacial score (nSPS) is 10.8. The van der Waals surface area contributed by atoms with Crippen molar-refractivity contribution in [1.82, 2.24) is 9.88 Å². The van der Waals surface area contributed by atoms with Crippen molar-refractivity contribution in [2.75, 3.05) is 24.2 Å². The average molecular weight is 423 g/mol. The third-order valence-electron chi connectivity index (χ3n) is 4.47. The molecule has 0 radical (unpaired) electrons. The van der Waals surface area contributed by atoms with Gasteiger partial charge in [-0.3, -0.25) is 14.5 Å². The van der Waals surface area contributed by atoms with Gasteiger partial charge >= 0.3 is 0 Å². The number of benzene rings is 2. The highest BCUT2D eigenvalue weighted by Gasteiger charge is 2.15. The molecule has 2 amide bonds. The number of nitrogens with one attached hydrogen (secondary N) is 2. The van der Waals surface area contributed by atoms with Gasteiger partial charge in [0, 0.05) is 17.6 Å². The quantitative estimate of drug-likeness (QED) is 0.566. The number of carbonyl (C=O) groups is 2. The second-order valence-corrected chi connectivity index (χ2v) is 8.12. The van der Waals surface area contributed by atoms with Gasteiger partial charge in [0.15, 0.2) is 0 Å². The lowest BCUT2D eigenvalue weighted by atomic mass is 10.1. The summed E-state index contributed by atoms with van der Waals surface area (Å²) in [6.07, 6.45) is 0.913. The molecule has 7 heteroatoms. The van der Waals surface area contributed by atoms with Gasteiger partial charge in [-0.1, -0.05) is 31.2 Å². The van der Waals surface area contributed by atoms with E-state index in [0.29, 0.717) is 17.8 Å². The van der Waals surface area contributed by atoms with Gasteiger partial charge < -0.3 is 10.6 Å². The highest BCUT2D eigenvalue weighted by Crippen LogP contribution is 2.18. The first-order valence-electron chi connectivity index (χ1n) is 9.83.